The van der Waals surface area contributed by atoms with E-state index < -0.39 is 22.0 Å². The zero-order valence-electron chi connectivity index (χ0n) is 18.7. The molecule has 0 unspecified atom stereocenters. The van der Waals surface area contributed by atoms with Gasteiger partial charge in [0, 0.05) is 19.2 Å². The Labute approximate surface area is 189 Å². The summed E-state index contributed by atoms with van der Waals surface area (Å²) >= 11 is 0. The molecule has 0 spiro atoms. The molecule has 9 heteroatoms. The monoisotopic (exact) mass is 459 g/mol. The molecule has 0 radical (unpaired) electrons. The topological polar surface area (TPSA) is 105 Å². The Balaban J connectivity index is 1.83. The van der Waals surface area contributed by atoms with Crippen LogP contribution in [0.2, 0.25) is 0 Å². The van der Waals surface area contributed by atoms with Crippen LogP contribution in [0.3, 0.4) is 0 Å². The molecule has 172 valence electrons. The van der Waals surface area contributed by atoms with Gasteiger partial charge >= 0.3 is 0 Å². The van der Waals surface area contributed by atoms with Crippen LogP contribution in [0.1, 0.15) is 32.8 Å². The molecular weight excluding hydrogens is 430 g/mol. The van der Waals surface area contributed by atoms with Gasteiger partial charge in [-0.2, -0.15) is 4.72 Å². The third-order valence-corrected chi connectivity index (χ3v) is 6.79. The maximum absolute atomic E-state index is 13.1. The number of rotatable bonds is 8. The number of amides is 2. The Kier molecular flexibility index (Phi) is 7.20. The van der Waals surface area contributed by atoms with E-state index in [0.717, 1.165) is 11.3 Å². The van der Waals surface area contributed by atoms with Gasteiger partial charge in [0.25, 0.3) is 0 Å². The van der Waals surface area contributed by atoms with Crippen LogP contribution in [0, 0.1) is 5.92 Å². The van der Waals surface area contributed by atoms with Gasteiger partial charge in [0.15, 0.2) is 0 Å². The van der Waals surface area contributed by atoms with Gasteiger partial charge in [0.05, 0.1) is 17.7 Å². The molecule has 32 heavy (non-hydrogen) atoms. The van der Waals surface area contributed by atoms with E-state index >= 15 is 0 Å². The maximum Gasteiger partial charge on any atom is 0.242 e. The molecule has 8 nitrogen and oxygen atoms in total. The number of hydrogen-bond donors (Lipinski definition) is 2. The number of nitrogens with zero attached hydrogens (tertiary/aromatic N) is 1. The highest BCUT2D eigenvalue weighted by atomic mass is 32.2. The van der Waals surface area contributed by atoms with Crippen molar-refractivity contribution in [3.05, 3.63) is 48.0 Å². The molecule has 0 aliphatic carbocycles. The third kappa shape index (κ3) is 5.28. The second kappa shape index (κ2) is 9.70. The zero-order chi connectivity index (χ0) is 23.5. The first-order valence-electron chi connectivity index (χ1n) is 10.5. The zero-order valence-corrected chi connectivity index (χ0v) is 19.5. The van der Waals surface area contributed by atoms with Crippen molar-refractivity contribution in [2.24, 2.45) is 5.92 Å². The number of carbonyl (C=O) groups excluding carboxylic acids is 2. The fourth-order valence-electron chi connectivity index (χ4n) is 3.78. The molecule has 0 saturated heterocycles. The lowest BCUT2D eigenvalue weighted by atomic mass is 10.0. The third-order valence-electron chi connectivity index (χ3n) is 5.32. The lowest BCUT2D eigenvalue weighted by Gasteiger charge is -2.21. The first-order valence-corrected chi connectivity index (χ1v) is 12.0. The van der Waals surface area contributed by atoms with Gasteiger partial charge in [-0.15, -0.1) is 0 Å². The van der Waals surface area contributed by atoms with E-state index in [0.29, 0.717) is 30.8 Å². The van der Waals surface area contributed by atoms with Crippen molar-refractivity contribution < 1.29 is 22.7 Å². The average molecular weight is 460 g/mol. The highest BCUT2D eigenvalue weighted by Crippen LogP contribution is 2.30. The highest BCUT2D eigenvalue weighted by Gasteiger charge is 2.29. The summed E-state index contributed by atoms with van der Waals surface area (Å²) in [6.07, 6.45) is 0.908. The molecule has 0 aromatic heterocycles. The second-order valence-electron chi connectivity index (χ2n) is 8.20. The van der Waals surface area contributed by atoms with Crippen LogP contribution in [0.5, 0.6) is 5.75 Å². The van der Waals surface area contributed by atoms with Gasteiger partial charge in [0.1, 0.15) is 11.8 Å². The van der Waals surface area contributed by atoms with Gasteiger partial charge in [0.2, 0.25) is 21.8 Å². The molecule has 0 saturated carbocycles. The van der Waals surface area contributed by atoms with Gasteiger partial charge in [-0.05, 0) is 54.7 Å². The minimum Gasteiger partial charge on any atom is -0.495 e. The summed E-state index contributed by atoms with van der Waals surface area (Å²) < 4.78 is 34.1. The Bertz CT molecular complexity index is 1110. The van der Waals surface area contributed by atoms with E-state index in [-0.39, 0.29) is 16.7 Å². The summed E-state index contributed by atoms with van der Waals surface area (Å²) in [5.41, 5.74) is 1.99. The van der Waals surface area contributed by atoms with E-state index in [9.17, 15) is 18.0 Å². The molecule has 2 aromatic carbocycles. The quantitative estimate of drug-likeness (QED) is 0.632. The van der Waals surface area contributed by atoms with Crippen molar-refractivity contribution >= 4 is 33.2 Å². The summed E-state index contributed by atoms with van der Waals surface area (Å²) in [7, 11) is -2.46. The standard InChI is InChI=1S/C23H29N3O5S/c1-15(2)13-20(23(28)24-19-7-5-6-8-22(19)31-4)25-32(29,30)18-9-10-21-17(14-18)11-12-26(21)16(3)27/h5-10,14-15,20,25H,11-13H2,1-4H3,(H,24,28)/t20-/m0/s1. The number of benzene rings is 2. The fourth-order valence-corrected chi connectivity index (χ4v) is 5.03. The fraction of sp³-hybridized carbons (Fsp3) is 0.391. The maximum atomic E-state index is 13.1. The molecule has 0 bridgehead atoms. The van der Waals surface area contributed by atoms with Crippen LogP contribution >= 0.6 is 0 Å². The average Bonchev–Trinajstić information content (AvgIpc) is 3.17. The summed E-state index contributed by atoms with van der Waals surface area (Å²) in [6.45, 7) is 5.85. The van der Waals surface area contributed by atoms with Crippen molar-refractivity contribution in [1.29, 1.82) is 0 Å². The Morgan fingerprint density at radius 3 is 2.53 bits per heavy atom. The van der Waals surface area contributed by atoms with Crippen molar-refractivity contribution in [2.45, 2.75) is 44.6 Å². The van der Waals surface area contributed by atoms with E-state index in [1.54, 1.807) is 41.3 Å². The molecule has 2 N–H and O–H groups in total. The van der Waals surface area contributed by atoms with Crippen molar-refractivity contribution in [3.8, 4) is 5.75 Å². The number of fused-ring (bicyclic) bond motifs is 1. The number of nitrogens with one attached hydrogen (secondary N) is 2. The SMILES string of the molecule is COc1ccccc1NC(=O)[C@H](CC(C)C)NS(=O)(=O)c1ccc2c(c1)CCN2C(C)=O. The van der Waals surface area contributed by atoms with Crippen LogP contribution in [0.25, 0.3) is 0 Å². The Morgan fingerprint density at radius 2 is 1.88 bits per heavy atom. The van der Waals surface area contributed by atoms with Crippen LogP contribution in [0.4, 0.5) is 11.4 Å². The molecule has 2 amide bonds. The summed E-state index contributed by atoms with van der Waals surface area (Å²) in [6, 6.07) is 10.7. The summed E-state index contributed by atoms with van der Waals surface area (Å²) in [4.78, 5) is 26.4. The molecule has 2 aromatic rings. The van der Waals surface area contributed by atoms with Crippen LogP contribution in [-0.2, 0) is 26.0 Å². The molecule has 3 rings (SSSR count). The smallest absolute Gasteiger partial charge is 0.242 e. The lowest BCUT2D eigenvalue weighted by molar-refractivity contribution is -0.118. The number of methoxy groups -OCH3 is 1. The minimum absolute atomic E-state index is 0.0699. The summed E-state index contributed by atoms with van der Waals surface area (Å²) in [5, 5.41) is 2.77. The Hall–Kier alpha value is -2.91. The molecular formula is C23H29N3O5S. The first kappa shape index (κ1) is 23.7. The largest absolute Gasteiger partial charge is 0.495 e. The molecule has 1 heterocycles. The summed E-state index contributed by atoms with van der Waals surface area (Å²) in [5.74, 6) is 0.0223. The van der Waals surface area contributed by atoms with Crippen molar-refractivity contribution in [3.63, 3.8) is 0 Å². The van der Waals surface area contributed by atoms with E-state index in [4.69, 9.17) is 4.74 Å². The molecule has 1 aliphatic rings. The van der Waals surface area contributed by atoms with Gasteiger partial charge in [-0.25, -0.2) is 8.42 Å². The van der Waals surface area contributed by atoms with Crippen LogP contribution < -0.4 is 19.7 Å². The Morgan fingerprint density at radius 1 is 1.16 bits per heavy atom. The number of anilines is 2. The number of hydrogen-bond acceptors (Lipinski definition) is 5. The first-order chi connectivity index (χ1) is 15.1. The van der Waals surface area contributed by atoms with Crippen LogP contribution in [-0.4, -0.2) is 39.9 Å². The molecule has 0 fully saturated rings. The van der Waals surface area contributed by atoms with Gasteiger partial charge < -0.3 is 15.0 Å². The minimum atomic E-state index is -3.96. The van der Waals surface area contributed by atoms with Crippen molar-refractivity contribution in [2.75, 3.05) is 23.9 Å². The van der Waals surface area contributed by atoms with Gasteiger partial charge in [-0.1, -0.05) is 26.0 Å². The lowest BCUT2D eigenvalue weighted by Crippen LogP contribution is -2.44. The van der Waals surface area contributed by atoms with Crippen molar-refractivity contribution in [1.82, 2.24) is 4.72 Å². The predicted molar refractivity (Wildman–Crippen MR) is 123 cm³/mol. The molecule has 1 aliphatic heterocycles. The number of ether oxygens (including phenoxy) is 1. The number of sulfonamides is 1. The highest BCUT2D eigenvalue weighted by molar-refractivity contribution is 7.89. The van der Waals surface area contributed by atoms with E-state index in [2.05, 4.69) is 10.0 Å². The van der Waals surface area contributed by atoms with E-state index in [1.165, 1.54) is 20.1 Å². The van der Waals surface area contributed by atoms with E-state index in [1.807, 2.05) is 13.8 Å². The van der Waals surface area contributed by atoms with Gasteiger partial charge in [-0.3, -0.25) is 9.59 Å². The second-order valence-corrected chi connectivity index (χ2v) is 9.92. The normalized spacial score (nSPS) is 14.2. The predicted octanol–water partition coefficient (Wildman–Crippen LogP) is 2.94. The number of para-hydroxylation sites is 2. The number of carbonyl (C=O) groups is 2. The van der Waals surface area contributed by atoms with Crippen LogP contribution in [0.15, 0.2) is 47.4 Å². The molecule has 1 atom stereocenters.